The molecule has 0 radical (unpaired) electrons. The van der Waals surface area contributed by atoms with Gasteiger partial charge in [-0.05, 0) is 63.1 Å². The highest BCUT2D eigenvalue weighted by molar-refractivity contribution is 6.02. The van der Waals surface area contributed by atoms with E-state index >= 15 is 0 Å². The first-order valence-electron chi connectivity index (χ1n) is 8.74. The predicted molar refractivity (Wildman–Crippen MR) is 110 cm³/mol. The largest absolute Gasteiger partial charge is 0.252 e. The highest BCUT2D eigenvalue weighted by Gasteiger charge is 2.06. The first kappa shape index (κ1) is 17.7. The van der Waals surface area contributed by atoms with E-state index in [2.05, 4.69) is 37.0 Å². The van der Waals surface area contributed by atoms with Crippen LogP contribution in [-0.4, -0.2) is 16.4 Å². The Hall–Kier alpha value is -3.07. The number of aromatic nitrogens is 1. The summed E-state index contributed by atoms with van der Waals surface area (Å²) in [7, 11) is 0. The minimum absolute atomic E-state index is 0.863. The summed E-state index contributed by atoms with van der Waals surface area (Å²) in [5.74, 6) is 0. The summed E-state index contributed by atoms with van der Waals surface area (Å²) in [6.07, 6.45) is 0. The van der Waals surface area contributed by atoms with Crippen molar-refractivity contribution in [2.75, 3.05) is 0 Å². The number of nitrogens with zero attached hydrogens (tertiary/aromatic N) is 3. The lowest BCUT2D eigenvalue weighted by Crippen LogP contribution is -2.05. The molecule has 0 aliphatic carbocycles. The summed E-state index contributed by atoms with van der Waals surface area (Å²) in [5.41, 5.74) is 7.81. The molecule has 130 valence electrons. The van der Waals surface area contributed by atoms with Crippen LogP contribution in [0.4, 0.5) is 11.4 Å². The fourth-order valence-electron chi connectivity index (χ4n) is 2.80. The van der Waals surface area contributed by atoms with Crippen molar-refractivity contribution in [1.29, 1.82) is 0 Å². The lowest BCUT2D eigenvalue weighted by molar-refractivity contribution is 1.23. The summed E-state index contributed by atoms with van der Waals surface area (Å²) < 4.78 is 0. The maximum absolute atomic E-state index is 4.83. The topological polar surface area (TPSA) is 37.6 Å². The van der Waals surface area contributed by atoms with E-state index in [1.165, 1.54) is 11.1 Å². The van der Waals surface area contributed by atoms with E-state index in [1.54, 1.807) is 0 Å². The third-order valence-corrected chi connectivity index (χ3v) is 4.26. The molecule has 3 rings (SSSR count). The highest BCUT2D eigenvalue weighted by atomic mass is 14.8. The number of pyridine rings is 1. The molecule has 0 N–H and O–H groups in total. The fourth-order valence-corrected chi connectivity index (χ4v) is 2.80. The minimum atomic E-state index is 0.863. The molecule has 0 unspecified atom stereocenters. The van der Waals surface area contributed by atoms with Crippen molar-refractivity contribution in [3.05, 3.63) is 89.2 Å². The Morgan fingerprint density at radius 1 is 0.654 bits per heavy atom. The number of para-hydroxylation sites is 2. The molecule has 3 heteroatoms. The van der Waals surface area contributed by atoms with Gasteiger partial charge in [0.05, 0.1) is 34.2 Å². The molecule has 0 aliphatic heterocycles. The minimum Gasteiger partial charge on any atom is -0.252 e. The Morgan fingerprint density at radius 3 is 1.81 bits per heavy atom. The average Bonchev–Trinajstić information content (AvgIpc) is 2.65. The number of benzene rings is 2. The van der Waals surface area contributed by atoms with Gasteiger partial charge in [-0.1, -0.05) is 42.5 Å². The van der Waals surface area contributed by atoms with E-state index in [0.29, 0.717) is 0 Å². The molecule has 0 atom stereocenters. The van der Waals surface area contributed by atoms with E-state index in [0.717, 1.165) is 34.2 Å². The second-order valence-corrected chi connectivity index (χ2v) is 6.38. The molecule has 2 aromatic carbocycles. The molecule has 0 saturated carbocycles. The first-order valence-corrected chi connectivity index (χ1v) is 8.74. The smallest absolute Gasteiger partial charge is 0.0849 e. The van der Waals surface area contributed by atoms with Crippen molar-refractivity contribution < 1.29 is 0 Å². The van der Waals surface area contributed by atoms with Crippen molar-refractivity contribution in [2.45, 2.75) is 27.7 Å². The van der Waals surface area contributed by atoms with Gasteiger partial charge in [0.25, 0.3) is 0 Å². The van der Waals surface area contributed by atoms with Gasteiger partial charge in [-0.3, -0.25) is 9.98 Å². The molecule has 3 nitrogen and oxygen atoms in total. The van der Waals surface area contributed by atoms with Crippen molar-refractivity contribution in [3.8, 4) is 0 Å². The number of hydrogen-bond donors (Lipinski definition) is 0. The number of rotatable bonds is 4. The maximum Gasteiger partial charge on any atom is 0.0849 e. The Labute approximate surface area is 155 Å². The second-order valence-electron chi connectivity index (χ2n) is 6.38. The predicted octanol–water partition coefficient (Wildman–Crippen LogP) is 5.98. The third-order valence-electron chi connectivity index (χ3n) is 4.26. The summed E-state index contributed by atoms with van der Waals surface area (Å²) in [4.78, 5) is 14.2. The monoisotopic (exact) mass is 341 g/mol. The van der Waals surface area contributed by atoms with Crippen molar-refractivity contribution in [1.82, 2.24) is 4.98 Å². The summed E-state index contributed by atoms with van der Waals surface area (Å²) >= 11 is 0. The highest BCUT2D eigenvalue weighted by Crippen LogP contribution is 2.24. The van der Waals surface area contributed by atoms with Gasteiger partial charge in [0.1, 0.15) is 0 Å². The van der Waals surface area contributed by atoms with Crippen LogP contribution in [0.15, 0.2) is 76.7 Å². The molecule has 0 spiro atoms. The molecule has 0 aliphatic rings. The second kappa shape index (κ2) is 7.87. The van der Waals surface area contributed by atoms with Crippen LogP contribution in [0.2, 0.25) is 0 Å². The van der Waals surface area contributed by atoms with Crippen LogP contribution in [0.25, 0.3) is 0 Å². The van der Waals surface area contributed by atoms with E-state index in [9.17, 15) is 0 Å². The SMILES string of the molecule is C/C(=N\c1ccccc1)c1cccc(/C(C)=N/c2c(C)cccc2C)n1. The lowest BCUT2D eigenvalue weighted by Gasteiger charge is -2.08. The fraction of sp³-hybridized carbons (Fsp3) is 0.174. The van der Waals surface area contributed by atoms with Crippen molar-refractivity contribution in [2.24, 2.45) is 9.98 Å². The van der Waals surface area contributed by atoms with E-state index < -0.39 is 0 Å². The normalized spacial score (nSPS) is 12.3. The molecule has 0 saturated heterocycles. The van der Waals surface area contributed by atoms with Crippen molar-refractivity contribution in [3.63, 3.8) is 0 Å². The van der Waals surface area contributed by atoms with Gasteiger partial charge in [-0.25, -0.2) is 4.98 Å². The molecule has 1 aromatic heterocycles. The van der Waals surface area contributed by atoms with E-state index in [1.807, 2.05) is 62.4 Å². The summed E-state index contributed by atoms with van der Waals surface area (Å²) in [5, 5.41) is 0. The van der Waals surface area contributed by atoms with Gasteiger partial charge in [-0.15, -0.1) is 0 Å². The molecule has 0 bridgehead atoms. The van der Waals surface area contributed by atoms with Crippen LogP contribution >= 0.6 is 0 Å². The van der Waals surface area contributed by atoms with Gasteiger partial charge in [0.15, 0.2) is 0 Å². The van der Waals surface area contributed by atoms with Crippen LogP contribution in [0.5, 0.6) is 0 Å². The molecule has 3 aromatic rings. The van der Waals surface area contributed by atoms with Crippen molar-refractivity contribution >= 4 is 22.8 Å². The molecular formula is C23H23N3. The molecule has 1 heterocycles. The Balaban J connectivity index is 1.94. The van der Waals surface area contributed by atoms with Gasteiger partial charge < -0.3 is 0 Å². The molecular weight excluding hydrogens is 318 g/mol. The van der Waals surface area contributed by atoms with Crippen LogP contribution in [-0.2, 0) is 0 Å². The summed E-state index contributed by atoms with van der Waals surface area (Å²) in [6, 6.07) is 22.1. The zero-order chi connectivity index (χ0) is 18.5. The lowest BCUT2D eigenvalue weighted by atomic mass is 10.1. The first-order chi connectivity index (χ1) is 12.5. The molecule has 26 heavy (non-hydrogen) atoms. The van der Waals surface area contributed by atoms with Crippen LogP contribution in [0.1, 0.15) is 36.4 Å². The average molecular weight is 341 g/mol. The van der Waals surface area contributed by atoms with E-state index in [4.69, 9.17) is 9.98 Å². The Kier molecular flexibility index (Phi) is 5.37. The van der Waals surface area contributed by atoms with Gasteiger partial charge in [-0.2, -0.15) is 0 Å². The number of aryl methyl sites for hydroxylation is 2. The standard InChI is InChI=1S/C23H23N3/c1-16-10-8-11-17(2)23(16)25-19(4)22-15-9-14-21(26-22)18(3)24-20-12-6-5-7-13-20/h5-15H,1-4H3/b24-18+,25-19+. The van der Waals surface area contributed by atoms with Gasteiger partial charge in [0, 0.05) is 0 Å². The van der Waals surface area contributed by atoms with Gasteiger partial charge in [0.2, 0.25) is 0 Å². The molecule has 0 amide bonds. The zero-order valence-electron chi connectivity index (χ0n) is 15.7. The van der Waals surface area contributed by atoms with Crippen LogP contribution in [0.3, 0.4) is 0 Å². The number of aliphatic imine (C=N–C) groups is 2. The molecule has 0 fully saturated rings. The Bertz CT molecular complexity index is 950. The third kappa shape index (κ3) is 4.12. The zero-order valence-corrected chi connectivity index (χ0v) is 15.7. The maximum atomic E-state index is 4.83. The van der Waals surface area contributed by atoms with Gasteiger partial charge >= 0.3 is 0 Å². The number of hydrogen-bond acceptors (Lipinski definition) is 3. The van der Waals surface area contributed by atoms with Crippen LogP contribution in [0, 0.1) is 13.8 Å². The summed E-state index contributed by atoms with van der Waals surface area (Å²) in [6.45, 7) is 8.15. The van der Waals surface area contributed by atoms with Crippen LogP contribution < -0.4 is 0 Å². The quantitative estimate of drug-likeness (QED) is 0.538. The van der Waals surface area contributed by atoms with E-state index in [-0.39, 0.29) is 0 Å². The Morgan fingerprint density at radius 2 is 1.19 bits per heavy atom.